The molecule has 2 aromatic carbocycles. The van der Waals surface area contributed by atoms with Gasteiger partial charge in [0, 0.05) is 25.5 Å². The Morgan fingerprint density at radius 2 is 1.89 bits per heavy atom. The number of amides is 1. The van der Waals surface area contributed by atoms with Gasteiger partial charge in [-0.05, 0) is 42.5 Å². The predicted molar refractivity (Wildman–Crippen MR) is 103 cm³/mol. The molecule has 0 aliphatic heterocycles. The summed E-state index contributed by atoms with van der Waals surface area (Å²) in [5.74, 6) is 1.10. The SMILES string of the molecule is CN(C(=O)CCc1nnc(-c2ccccc2)o1)[C@H]1CCCc2ccccc21. The number of hydrogen-bond acceptors (Lipinski definition) is 4. The lowest BCUT2D eigenvalue weighted by Crippen LogP contribution is -2.33. The smallest absolute Gasteiger partial charge is 0.247 e. The van der Waals surface area contributed by atoms with Crippen molar-refractivity contribution in [3.05, 3.63) is 71.6 Å². The summed E-state index contributed by atoms with van der Waals surface area (Å²) in [7, 11) is 1.90. The number of benzene rings is 2. The van der Waals surface area contributed by atoms with Gasteiger partial charge in [0.15, 0.2) is 0 Å². The molecule has 0 spiro atoms. The molecule has 1 amide bonds. The Kier molecular flexibility index (Phi) is 5.01. The summed E-state index contributed by atoms with van der Waals surface area (Å²) >= 11 is 0. The van der Waals surface area contributed by atoms with E-state index in [1.165, 1.54) is 11.1 Å². The highest BCUT2D eigenvalue weighted by Crippen LogP contribution is 2.33. The Morgan fingerprint density at radius 1 is 1.11 bits per heavy atom. The summed E-state index contributed by atoms with van der Waals surface area (Å²) < 4.78 is 5.71. The van der Waals surface area contributed by atoms with E-state index in [0.717, 1.165) is 24.8 Å². The van der Waals surface area contributed by atoms with Gasteiger partial charge in [-0.2, -0.15) is 0 Å². The second kappa shape index (κ2) is 7.74. The summed E-state index contributed by atoms with van der Waals surface area (Å²) in [5, 5.41) is 8.17. The Balaban J connectivity index is 1.39. The molecule has 0 unspecified atom stereocenters. The lowest BCUT2D eigenvalue weighted by Gasteiger charge is -2.33. The molecule has 1 atom stereocenters. The maximum atomic E-state index is 12.7. The Hall–Kier alpha value is -2.95. The number of aromatic nitrogens is 2. The number of rotatable bonds is 5. The standard InChI is InChI=1S/C22H23N3O2/c1-25(19-13-7-11-16-8-5-6-12-18(16)19)21(26)15-14-20-23-24-22(27-20)17-9-3-2-4-10-17/h2-6,8-10,12,19H,7,11,13-15H2,1H3/t19-/m0/s1. The van der Waals surface area contributed by atoms with Crippen molar-refractivity contribution in [3.8, 4) is 11.5 Å². The van der Waals surface area contributed by atoms with Crippen molar-refractivity contribution in [1.82, 2.24) is 15.1 Å². The van der Waals surface area contributed by atoms with Crippen LogP contribution in [0.1, 0.15) is 42.3 Å². The minimum atomic E-state index is 0.108. The zero-order valence-corrected chi connectivity index (χ0v) is 15.5. The molecular weight excluding hydrogens is 338 g/mol. The number of nitrogens with zero attached hydrogens (tertiary/aromatic N) is 3. The van der Waals surface area contributed by atoms with Gasteiger partial charge in [0.2, 0.25) is 17.7 Å². The molecule has 0 saturated heterocycles. The second-order valence-electron chi connectivity index (χ2n) is 6.98. The van der Waals surface area contributed by atoms with Gasteiger partial charge in [-0.3, -0.25) is 4.79 Å². The molecule has 1 aromatic heterocycles. The van der Waals surface area contributed by atoms with Gasteiger partial charge >= 0.3 is 0 Å². The Morgan fingerprint density at radius 3 is 2.74 bits per heavy atom. The van der Waals surface area contributed by atoms with Crippen LogP contribution in [-0.4, -0.2) is 28.1 Å². The first-order valence-corrected chi connectivity index (χ1v) is 9.43. The van der Waals surface area contributed by atoms with E-state index < -0.39 is 0 Å². The highest BCUT2D eigenvalue weighted by molar-refractivity contribution is 5.76. The van der Waals surface area contributed by atoms with E-state index in [2.05, 4.69) is 34.5 Å². The molecular formula is C22H23N3O2. The van der Waals surface area contributed by atoms with Gasteiger partial charge in [-0.1, -0.05) is 42.5 Å². The largest absolute Gasteiger partial charge is 0.421 e. The molecule has 1 aliphatic carbocycles. The first kappa shape index (κ1) is 17.5. The van der Waals surface area contributed by atoms with Gasteiger partial charge in [-0.15, -0.1) is 10.2 Å². The molecule has 5 heteroatoms. The van der Waals surface area contributed by atoms with Crippen molar-refractivity contribution in [3.63, 3.8) is 0 Å². The quantitative estimate of drug-likeness (QED) is 0.683. The number of fused-ring (bicyclic) bond motifs is 1. The number of carbonyl (C=O) groups excluding carboxylic acids is 1. The van der Waals surface area contributed by atoms with E-state index in [0.29, 0.717) is 24.6 Å². The lowest BCUT2D eigenvalue weighted by molar-refractivity contribution is -0.132. The summed E-state index contributed by atoms with van der Waals surface area (Å²) in [6, 6.07) is 18.3. The number of carbonyl (C=O) groups is 1. The summed E-state index contributed by atoms with van der Waals surface area (Å²) in [6.07, 6.45) is 4.04. The minimum absolute atomic E-state index is 0.108. The third kappa shape index (κ3) is 3.77. The molecule has 0 radical (unpaired) electrons. The van der Waals surface area contributed by atoms with Crippen molar-refractivity contribution < 1.29 is 9.21 Å². The number of aryl methyl sites for hydroxylation is 2. The van der Waals surface area contributed by atoms with Crippen molar-refractivity contribution in [2.75, 3.05) is 7.05 Å². The summed E-state index contributed by atoms with van der Waals surface area (Å²) in [4.78, 5) is 14.6. The normalized spacial score (nSPS) is 16.0. The zero-order valence-electron chi connectivity index (χ0n) is 15.5. The third-order valence-corrected chi connectivity index (χ3v) is 5.24. The monoisotopic (exact) mass is 361 g/mol. The van der Waals surface area contributed by atoms with Crippen LogP contribution in [0.25, 0.3) is 11.5 Å². The van der Waals surface area contributed by atoms with Gasteiger partial charge < -0.3 is 9.32 Å². The molecule has 4 rings (SSSR count). The fourth-order valence-corrected chi connectivity index (χ4v) is 3.75. The molecule has 5 nitrogen and oxygen atoms in total. The molecule has 1 aliphatic rings. The van der Waals surface area contributed by atoms with Gasteiger partial charge in [0.25, 0.3) is 0 Å². The average molecular weight is 361 g/mol. The fraction of sp³-hybridized carbons (Fsp3) is 0.318. The van der Waals surface area contributed by atoms with E-state index in [1.807, 2.05) is 42.3 Å². The van der Waals surface area contributed by atoms with Crippen LogP contribution < -0.4 is 0 Å². The molecule has 0 bridgehead atoms. The van der Waals surface area contributed by atoms with Crippen LogP contribution >= 0.6 is 0 Å². The molecule has 0 saturated carbocycles. The van der Waals surface area contributed by atoms with E-state index in [9.17, 15) is 4.79 Å². The van der Waals surface area contributed by atoms with Crippen molar-refractivity contribution in [1.29, 1.82) is 0 Å². The summed E-state index contributed by atoms with van der Waals surface area (Å²) in [5.41, 5.74) is 3.53. The van der Waals surface area contributed by atoms with Crippen LogP contribution in [0.2, 0.25) is 0 Å². The highest BCUT2D eigenvalue weighted by Gasteiger charge is 2.26. The Bertz CT molecular complexity index is 920. The topological polar surface area (TPSA) is 59.2 Å². The van der Waals surface area contributed by atoms with E-state index in [1.54, 1.807) is 0 Å². The van der Waals surface area contributed by atoms with Crippen molar-refractivity contribution in [2.45, 2.75) is 38.1 Å². The number of hydrogen-bond donors (Lipinski definition) is 0. The van der Waals surface area contributed by atoms with Crippen LogP contribution in [0, 0.1) is 0 Å². The van der Waals surface area contributed by atoms with E-state index in [4.69, 9.17) is 4.42 Å². The van der Waals surface area contributed by atoms with Crippen LogP contribution in [0.3, 0.4) is 0 Å². The van der Waals surface area contributed by atoms with Gasteiger partial charge in [0.05, 0.1) is 6.04 Å². The summed E-state index contributed by atoms with van der Waals surface area (Å²) in [6.45, 7) is 0. The molecule has 27 heavy (non-hydrogen) atoms. The molecule has 0 N–H and O–H groups in total. The maximum absolute atomic E-state index is 12.7. The van der Waals surface area contributed by atoms with Crippen LogP contribution in [-0.2, 0) is 17.6 Å². The molecule has 3 aromatic rings. The van der Waals surface area contributed by atoms with Crippen LogP contribution in [0.4, 0.5) is 0 Å². The Labute approximate surface area is 159 Å². The van der Waals surface area contributed by atoms with Crippen LogP contribution in [0.15, 0.2) is 59.0 Å². The van der Waals surface area contributed by atoms with Crippen molar-refractivity contribution >= 4 is 5.91 Å². The minimum Gasteiger partial charge on any atom is -0.421 e. The van der Waals surface area contributed by atoms with E-state index >= 15 is 0 Å². The first-order chi connectivity index (χ1) is 13.2. The average Bonchev–Trinajstić information content (AvgIpc) is 3.21. The maximum Gasteiger partial charge on any atom is 0.247 e. The van der Waals surface area contributed by atoms with Gasteiger partial charge in [-0.25, -0.2) is 0 Å². The fourth-order valence-electron chi connectivity index (χ4n) is 3.75. The predicted octanol–water partition coefficient (Wildman–Crippen LogP) is 4.21. The van der Waals surface area contributed by atoms with Gasteiger partial charge in [0.1, 0.15) is 0 Å². The molecule has 138 valence electrons. The van der Waals surface area contributed by atoms with Crippen LogP contribution in [0.5, 0.6) is 0 Å². The highest BCUT2D eigenvalue weighted by atomic mass is 16.4. The zero-order chi connectivity index (χ0) is 18.6. The van der Waals surface area contributed by atoms with E-state index in [-0.39, 0.29) is 11.9 Å². The van der Waals surface area contributed by atoms with Crippen molar-refractivity contribution in [2.24, 2.45) is 0 Å². The molecule has 0 fully saturated rings. The second-order valence-corrected chi connectivity index (χ2v) is 6.98. The lowest BCUT2D eigenvalue weighted by atomic mass is 9.87. The molecule has 1 heterocycles. The third-order valence-electron chi connectivity index (χ3n) is 5.24. The first-order valence-electron chi connectivity index (χ1n) is 9.43.